The summed E-state index contributed by atoms with van der Waals surface area (Å²) in [7, 11) is 0. The van der Waals surface area contributed by atoms with Crippen molar-refractivity contribution >= 4 is 24.6 Å². The lowest BCUT2D eigenvalue weighted by molar-refractivity contribution is -0.137. The van der Waals surface area contributed by atoms with Crippen molar-refractivity contribution in [2.45, 2.75) is 25.5 Å². The largest absolute Gasteiger partial charge is 0.478 e. The molecule has 0 aliphatic rings. The number of thiol groups is 1. The van der Waals surface area contributed by atoms with Gasteiger partial charge in [-0.05, 0) is 20.3 Å². The zero-order chi connectivity index (χ0) is 12.6. The summed E-state index contributed by atoms with van der Waals surface area (Å²) in [6.07, 6.45) is 4.91. The molecule has 0 aromatic heterocycles. The summed E-state index contributed by atoms with van der Waals surface area (Å²) < 4.78 is 4.86. The summed E-state index contributed by atoms with van der Waals surface area (Å²) in [6, 6.07) is 0. The third-order valence-electron chi connectivity index (χ3n) is 1.75. The number of rotatable bonds is 6. The van der Waals surface area contributed by atoms with Gasteiger partial charge in [-0.15, -0.1) is 0 Å². The lowest BCUT2D eigenvalue weighted by atomic mass is 10.2. The van der Waals surface area contributed by atoms with Crippen LogP contribution in [0.25, 0.3) is 0 Å². The Kier molecular flexibility index (Phi) is 7.37. The highest BCUT2D eigenvalue weighted by Crippen LogP contribution is 2.06. The maximum Gasteiger partial charge on any atom is 0.330 e. The number of allylic oxidation sites excluding steroid dienone is 2. The molecule has 1 atom stereocenters. The van der Waals surface area contributed by atoms with Gasteiger partial charge >= 0.3 is 11.9 Å². The number of hydrogen-bond donors (Lipinski definition) is 2. The molecule has 0 rings (SSSR count). The Morgan fingerprint density at radius 2 is 2.12 bits per heavy atom. The van der Waals surface area contributed by atoms with Crippen LogP contribution in [0.3, 0.4) is 0 Å². The van der Waals surface area contributed by atoms with Gasteiger partial charge in [-0.3, -0.25) is 0 Å². The average Bonchev–Trinajstić information content (AvgIpc) is 2.23. The Balaban J connectivity index is 3.92. The van der Waals surface area contributed by atoms with E-state index in [1.807, 2.05) is 0 Å². The van der Waals surface area contributed by atoms with E-state index in [4.69, 9.17) is 9.84 Å². The van der Waals surface area contributed by atoms with Gasteiger partial charge in [0, 0.05) is 16.9 Å². The first-order valence-corrected chi connectivity index (χ1v) is 5.36. The minimum absolute atomic E-state index is 0.162. The van der Waals surface area contributed by atoms with E-state index < -0.39 is 11.9 Å². The van der Waals surface area contributed by atoms with Crippen LogP contribution in [-0.4, -0.2) is 28.9 Å². The number of carboxylic acid groups (broad SMARTS) is 1. The number of carbonyl (C=O) groups excluding carboxylic acids is 1. The van der Waals surface area contributed by atoms with Gasteiger partial charge in [-0.2, -0.15) is 12.6 Å². The van der Waals surface area contributed by atoms with Gasteiger partial charge in [-0.25, -0.2) is 9.59 Å². The van der Waals surface area contributed by atoms with Crippen LogP contribution < -0.4 is 0 Å². The van der Waals surface area contributed by atoms with Crippen LogP contribution in [0, 0.1) is 0 Å². The molecule has 0 fully saturated rings. The average molecular weight is 244 g/mol. The van der Waals surface area contributed by atoms with E-state index in [0.717, 1.165) is 0 Å². The normalized spacial score (nSPS) is 13.8. The topological polar surface area (TPSA) is 63.6 Å². The summed E-state index contributed by atoms with van der Waals surface area (Å²) in [5.41, 5.74) is 0.263. The second kappa shape index (κ2) is 7.98. The van der Waals surface area contributed by atoms with Crippen molar-refractivity contribution in [2.24, 2.45) is 0 Å². The molecule has 1 N–H and O–H groups in total. The van der Waals surface area contributed by atoms with E-state index in [1.165, 1.54) is 13.0 Å². The Bertz CT molecular complexity index is 307. The van der Waals surface area contributed by atoms with E-state index >= 15 is 0 Å². The summed E-state index contributed by atoms with van der Waals surface area (Å²) >= 11 is 4.18. The van der Waals surface area contributed by atoms with Gasteiger partial charge in [0.25, 0.3) is 0 Å². The first kappa shape index (κ1) is 14.8. The van der Waals surface area contributed by atoms with Gasteiger partial charge in [0.05, 0.1) is 0 Å². The van der Waals surface area contributed by atoms with Crippen LogP contribution in [0.2, 0.25) is 0 Å². The molecule has 5 heteroatoms. The van der Waals surface area contributed by atoms with Crippen LogP contribution >= 0.6 is 12.6 Å². The van der Waals surface area contributed by atoms with Gasteiger partial charge < -0.3 is 9.84 Å². The van der Waals surface area contributed by atoms with Crippen molar-refractivity contribution in [3.63, 3.8) is 0 Å². The van der Waals surface area contributed by atoms with E-state index in [0.29, 0.717) is 6.42 Å². The van der Waals surface area contributed by atoms with Crippen molar-refractivity contribution in [2.75, 3.05) is 6.61 Å². The Hall–Kier alpha value is -1.23. The second-order valence-electron chi connectivity index (χ2n) is 3.21. The Morgan fingerprint density at radius 3 is 2.62 bits per heavy atom. The fourth-order valence-corrected chi connectivity index (χ4v) is 1.01. The molecular formula is C11H16O4S. The molecule has 0 aromatic carbocycles. The highest BCUT2D eigenvalue weighted by Gasteiger charge is 2.06. The van der Waals surface area contributed by atoms with Crippen molar-refractivity contribution in [1.29, 1.82) is 0 Å². The predicted octanol–water partition coefficient (Wildman–Crippen LogP) is 1.83. The van der Waals surface area contributed by atoms with Crippen LogP contribution in [-0.2, 0) is 14.3 Å². The summed E-state index contributed by atoms with van der Waals surface area (Å²) in [5.74, 6) is -1.37. The number of hydrogen-bond acceptors (Lipinski definition) is 4. The van der Waals surface area contributed by atoms with Crippen molar-refractivity contribution in [3.8, 4) is 0 Å². The lowest BCUT2D eigenvalue weighted by Gasteiger charge is -2.07. The number of esters is 1. The molecule has 0 aliphatic carbocycles. The van der Waals surface area contributed by atoms with E-state index in [1.54, 1.807) is 19.1 Å². The first-order valence-electron chi connectivity index (χ1n) is 4.85. The van der Waals surface area contributed by atoms with E-state index in [9.17, 15) is 9.59 Å². The maximum absolute atomic E-state index is 10.9. The third kappa shape index (κ3) is 7.11. The number of carboxylic acids is 1. The Labute approximate surface area is 100 Å². The Morgan fingerprint density at radius 1 is 1.50 bits per heavy atom. The molecule has 0 saturated carbocycles. The third-order valence-corrected chi connectivity index (χ3v) is 2.11. The van der Waals surface area contributed by atoms with Crippen molar-refractivity contribution in [1.82, 2.24) is 0 Å². The fraction of sp³-hybridized carbons (Fsp3) is 0.455. The molecule has 0 radical (unpaired) electrons. The van der Waals surface area contributed by atoms with E-state index in [-0.39, 0.29) is 17.4 Å². The standard InChI is InChI=1S/C11H16O4S/c1-3-4-10(12)15-7-9(16)6-5-8(2)11(13)14/h3-5,9,16H,6-7H2,1-2H3,(H,13,14). The van der Waals surface area contributed by atoms with Crippen molar-refractivity contribution in [3.05, 3.63) is 23.8 Å². The zero-order valence-corrected chi connectivity index (χ0v) is 10.2. The van der Waals surface area contributed by atoms with Crippen LogP contribution in [0.4, 0.5) is 0 Å². The molecule has 0 spiro atoms. The smallest absolute Gasteiger partial charge is 0.330 e. The quantitative estimate of drug-likeness (QED) is 0.425. The molecule has 0 heterocycles. The number of carbonyl (C=O) groups is 2. The van der Waals surface area contributed by atoms with Gasteiger partial charge in [0.2, 0.25) is 0 Å². The highest BCUT2D eigenvalue weighted by atomic mass is 32.1. The molecule has 0 aromatic rings. The molecule has 0 saturated heterocycles. The minimum atomic E-state index is -0.952. The van der Waals surface area contributed by atoms with Crippen LogP contribution in [0.5, 0.6) is 0 Å². The van der Waals surface area contributed by atoms with Gasteiger partial charge in [0.1, 0.15) is 6.61 Å². The molecular weight excluding hydrogens is 228 g/mol. The van der Waals surface area contributed by atoms with Crippen LogP contribution in [0.1, 0.15) is 20.3 Å². The summed E-state index contributed by atoms with van der Waals surface area (Å²) in [4.78, 5) is 21.4. The molecule has 16 heavy (non-hydrogen) atoms. The molecule has 1 unspecified atom stereocenters. The number of aliphatic carboxylic acids is 1. The zero-order valence-electron chi connectivity index (χ0n) is 9.34. The first-order chi connectivity index (χ1) is 7.47. The molecule has 0 aliphatic heterocycles. The fourth-order valence-electron chi connectivity index (χ4n) is 0.831. The SMILES string of the molecule is CC=CC(=O)OCC(S)CC=C(C)C(=O)O. The molecule has 90 valence electrons. The molecule has 0 amide bonds. The number of ether oxygens (including phenoxy) is 1. The summed E-state index contributed by atoms with van der Waals surface area (Å²) in [6.45, 7) is 3.39. The highest BCUT2D eigenvalue weighted by molar-refractivity contribution is 7.81. The van der Waals surface area contributed by atoms with Crippen molar-refractivity contribution < 1.29 is 19.4 Å². The summed E-state index contributed by atoms with van der Waals surface area (Å²) in [5, 5.41) is 8.40. The predicted molar refractivity (Wildman–Crippen MR) is 64.6 cm³/mol. The monoisotopic (exact) mass is 244 g/mol. The lowest BCUT2D eigenvalue weighted by Crippen LogP contribution is -2.12. The maximum atomic E-state index is 10.9. The van der Waals surface area contributed by atoms with Gasteiger partial charge in [-0.1, -0.05) is 12.2 Å². The minimum Gasteiger partial charge on any atom is -0.478 e. The van der Waals surface area contributed by atoms with Crippen LogP contribution in [0.15, 0.2) is 23.8 Å². The molecule has 0 bridgehead atoms. The molecule has 4 nitrogen and oxygen atoms in total. The van der Waals surface area contributed by atoms with E-state index in [2.05, 4.69) is 12.6 Å². The second-order valence-corrected chi connectivity index (χ2v) is 3.94. The van der Waals surface area contributed by atoms with Gasteiger partial charge in [0.15, 0.2) is 0 Å².